The van der Waals surface area contributed by atoms with E-state index in [1.54, 1.807) is 36.5 Å². The lowest BCUT2D eigenvalue weighted by Crippen LogP contribution is -2.32. The minimum atomic E-state index is -0.669. The summed E-state index contributed by atoms with van der Waals surface area (Å²) in [5.74, 6) is -0.419. The molecule has 1 aliphatic heterocycles. The van der Waals surface area contributed by atoms with E-state index >= 15 is 0 Å². The topological polar surface area (TPSA) is 62.3 Å². The zero-order valence-corrected chi connectivity index (χ0v) is 12.1. The summed E-state index contributed by atoms with van der Waals surface area (Å²) >= 11 is 0. The second-order valence-electron chi connectivity index (χ2n) is 5.84. The molecule has 1 N–H and O–H groups in total. The van der Waals surface area contributed by atoms with Crippen molar-refractivity contribution in [3.8, 4) is 0 Å². The summed E-state index contributed by atoms with van der Waals surface area (Å²) in [4.78, 5) is 30.8. The number of nitrogens with one attached hydrogen (secondary N) is 1. The molecule has 2 amide bonds. The average Bonchev–Trinajstić information content (AvgIpc) is 3.27. The van der Waals surface area contributed by atoms with Crippen LogP contribution < -0.4 is 10.2 Å². The zero-order valence-electron chi connectivity index (χ0n) is 12.1. The summed E-state index contributed by atoms with van der Waals surface area (Å²) in [6, 6.07) is 11.3. The summed E-state index contributed by atoms with van der Waals surface area (Å²) in [7, 11) is 1.77. The summed E-state index contributed by atoms with van der Waals surface area (Å²) in [5, 5.41) is 2.85. The number of hydrogen-bond acceptors (Lipinski definition) is 3. The van der Waals surface area contributed by atoms with Crippen molar-refractivity contribution >= 4 is 23.2 Å². The second kappa shape index (κ2) is 4.40. The maximum Gasteiger partial charge on any atom is 0.238 e. The van der Waals surface area contributed by atoms with E-state index in [4.69, 9.17) is 0 Å². The monoisotopic (exact) mass is 293 g/mol. The van der Waals surface area contributed by atoms with Crippen LogP contribution in [-0.2, 0) is 15.0 Å². The summed E-state index contributed by atoms with van der Waals surface area (Å²) < 4.78 is 0. The molecule has 4 rings (SSSR count). The fourth-order valence-corrected chi connectivity index (χ4v) is 3.45. The number of carbonyl (C=O) groups excluding carboxylic acids is 2. The van der Waals surface area contributed by atoms with Gasteiger partial charge in [0.25, 0.3) is 0 Å². The Morgan fingerprint density at radius 3 is 2.91 bits per heavy atom. The minimum Gasteiger partial charge on any atom is -0.324 e. The van der Waals surface area contributed by atoms with Crippen molar-refractivity contribution in [1.82, 2.24) is 4.98 Å². The number of likely N-dealkylation sites (N-methyl/N-ethyl adjacent to an activating group) is 1. The van der Waals surface area contributed by atoms with Gasteiger partial charge in [-0.3, -0.25) is 14.6 Å². The Morgan fingerprint density at radius 1 is 1.32 bits per heavy atom. The number of amides is 2. The first-order valence-corrected chi connectivity index (χ1v) is 7.23. The number of benzene rings is 1. The van der Waals surface area contributed by atoms with Crippen molar-refractivity contribution in [1.29, 1.82) is 0 Å². The quantitative estimate of drug-likeness (QED) is 0.920. The molecule has 5 nitrogen and oxygen atoms in total. The Hall–Kier alpha value is -2.69. The first-order chi connectivity index (χ1) is 10.6. The predicted molar refractivity (Wildman–Crippen MR) is 82.5 cm³/mol. The van der Waals surface area contributed by atoms with Crippen molar-refractivity contribution in [2.24, 2.45) is 5.92 Å². The molecular weight excluding hydrogens is 278 g/mol. The van der Waals surface area contributed by atoms with E-state index < -0.39 is 5.41 Å². The van der Waals surface area contributed by atoms with Crippen LogP contribution in [0.25, 0.3) is 0 Å². The maximum absolute atomic E-state index is 12.6. The van der Waals surface area contributed by atoms with Gasteiger partial charge in [-0.15, -0.1) is 0 Å². The Kier molecular flexibility index (Phi) is 2.60. The van der Waals surface area contributed by atoms with Gasteiger partial charge in [0, 0.05) is 18.9 Å². The average molecular weight is 293 g/mol. The highest BCUT2D eigenvalue weighted by Crippen LogP contribution is 2.61. The Morgan fingerprint density at radius 2 is 2.14 bits per heavy atom. The Labute approximate surface area is 128 Å². The van der Waals surface area contributed by atoms with E-state index in [0.717, 1.165) is 11.3 Å². The minimum absolute atomic E-state index is 0.0139. The smallest absolute Gasteiger partial charge is 0.238 e. The third kappa shape index (κ3) is 1.62. The number of para-hydroxylation sites is 1. The van der Waals surface area contributed by atoms with Gasteiger partial charge in [0.2, 0.25) is 11.8 Å². The van der Waals surface area contributed by atoms with Crippen molar-refractivity contribution in [2.75, 3.05) is 17.3 Å². The van der Waals surface area contributed by atoms with Crippen LogP contribution in [0.5, 0.6) is 0 Å². The molecule has 0 saturated heterocycles. The zero-order chi connectivity index (χ0) is 15.3. The Bertz CT molecular complexity index is 774. The third-order valence-corrected chi connectivity index (χ3v) is 4.64. The lowest BCUT2D eigenvalue weighted by atomic mass is 9.94. The van der Waals surface area contributed by atoms with Crippen molar-refractivity contribution in [3.63, 3.8) is 0 Å². The molecule has 2 aromatic rings. The van der Waals surface area contributed by atoms with Crippen LogP contribution in [0.2, 0.25) is 0 Å². The molecule has 1 aromatic carbocycles. The lowest BCUT2D eigenvalue weighted by molar-refractivity contribution is -0.123. The van der Waals surface area contributed by atoms with E-state index in [1.165, 1.54) is 0 Å². The molecular formula is C17H15N3O2. The van der Waals surface area contributed by atoms with Crippen LogP contribution in [0.1, 0.15) is 12.0 Å². The first-order valence-electron chi connectivity index (χ1n) is 7.23. The molecule has 0 unspecified atom stereocenters. The fourth-order valence-electron chi connectivity index (χ4n) is 3.45. The fraction of sp³-hybridized carbons (Fsp3) is 0.235. The number of fused-ring (bicyclic) bond motifs is 2. The van der Waals surface area contributed by atoms with Crippen molar-refractivity contribution in [2.45, 2.75) is 11.8 Å². The van der Waals surface area contributed by atoms with E-state index in [0.29, 0.717) is 12.1 Å². The normalized spacial score (nSPS) is 25.2. The van der Waals surface area contributed by atoms with E-state index in [2.05, 4.69) is 10.3 Å². The molecule has 0 radical (unpaired) electrons. The molecule has 1 saturated carbocycles. The molecule has 1 fully saturated rings. The van der Waals surface area contributed by atoms with Crippen molar-refractivity contribution < 1.29 is 9.59 Å². The van der Waals surface area contributed by atoms with Crippen molar-refractivity contribution in [3.05, 3.63) is 54.4 Å². The highest BCUT2D eigenvalue weighted by atomic mass is 16.2. The number of pyridine rings is 1. The van der Waals surface area contributed by atoms with Crippen LogP contribution in [0.3, 0.4) is 0 Å². The van der Waals surface area contributed by atoms with Gasteiger partial charge in [-0.1, -0.05) is 18.2 Å². The Balaban J connectivity index is 1.63. The van der Waals surface area contributed by atoms with Crippen LogP contribution in [0.15, 0.2) is 48.8 Å². The van der Waals surface area contributed by atoms with Crippen LogP contribution in [0, 0.1) is 5.92 Å². The predicted octanol–water partition coefficient (Wildman–Crippen LogP) is 1.95. The van der Waals surface area contributed by atoms with Gasteiger partial charge in [0.05, 0.1) is 23.2 Å². The second-order valence-corrected chi connectivity index (χ2v) is 5.84. The van der Waals surface area contributed by atoms with Gasteiger partial charge >= 0.3 is 0 Å². The van der Waals surface area contributed by atoms with Gasteiger partial charge in [0.1, 0.15) is 0 Å². The van der Waals surface area contributed by atoms with E-state index in [1.807, 2.05) is 24.3 Å². The number of hydrogen-bond donors (Lipinski definition) is 1. The molecule has 0 bridgehead atoms. The molecule has 1 aliphatic carbocycles. The molecule has 2 aliphatic rings. The van der Waals surface area contributed by atoms with E-state index in [9.17, 15) is 9.59 Å². The van der Waals surface area contributed by atoms with Gasteiger partial charge in [-0.2, -0.15) is 0 Å². The summed E-state index contributed by atoms with van der Waals surface area (Å²) in [5.41, 5.74) is 1.86. The highest BCUT2D eigenvalue weighted by molar-refractivity contribution is 6.15. The van der Waals surface area contributed by atoms with Gasteiger partial charge < -0.3 is 10.2 Å². The molecule has 110 valence electrons. The van der Waals surface area contributed by atoms with Gasteiger partial charge in [-0.05, 0) is 30.2 Å². The molecule has 5 heteroatoms. The molecule has 2 atom stereocenters. The number of nitrogens with zero attached hydrogens (tertiary/aromatic N) is 2. The van der Waals surface area contributed by atoms with Gasteiger partial charge in [-0.25, -0.2) is 0 Å². The molecule has 22 heavy (non-hydrogen) atoms. The first kappa shape index (κ1) is 13.0. The third-order valence-electron chi connectivity index (χ3n) is 4.64. The highest BCUT2D eigenvalue weighted by Gasteiger charge is 2.69. The molecule has 1 aromatic heterocycles. The number of anilines is 2. The van der Waals surface area contributed by atoms with Gasteiger partial charge in [0.15, 0.2) is 0 Å². The number of aromatic nitrogens is 1. The van der Waals surface area contributed by atoms with Crippen LogP contribution >= 0.6 is 0 Å². The van der Waals surface area contributed by atoms with E-state index in [-0.39, 0.29) is 17.7 Å². The summed E-state index contributed by atoms with van der Waals surface area (Å²) in [6.07, 6.45) is 3.82. The lowest BCUT2D eigenvalue weighted by Gasteiger charge is -2.11. The standard InChI is InChI=1S/C17H15N3O2/c1-20-14-7-3-2-6-12(14)17(16(20)22)9-13(17)15(21)19-11-5-4-8-18-10-11/h2-8,10,13H,9H2,1H3,(H,19,21)/t13-,17-/m1/s1. The van der Waals surface area contributed by atoms with Crippen LogP contribution in [0.4, 0.5) is 11.4 Å². The summed E-state index contributed by atoms with van der Waals surface area (Å²) in [6.45, 7) is 0. The largest absolute Gasteiger partial charge is 0.324 e. The molecule has 2 heterocycles. The molecule has 1 spiro atoms. The van der Waals surface area contributed by atoms with Crippen LogP contribution in [-0.4, -0.2) is 23.8 Å². The number of rotatable bonds is 2. The SMILES string of the molecule is CN1C(=O)[C@]2(C[C@@H]2C(=O)Nc2cccnc2)c2ccccc21. The number of carbonyl (C=O) groups is 2. The maximum atomic E-state index is 12.6.